The highest BCUT2D eigenvalue weighted by Crippen LogP contribution is 2.33. The molecule has 11 heavy (non-hydrogen) atoms. The van der Waals surface area contributed by atoms with Crippen molar-refractivity contribution in [3.8, 4) is 0 Å². The van der Waals surface area contributed by atoms with Gasteiger partial charge in [-0.15, -0.1) is 7.92 Å². The minimum absolute atomic E-state index is 0.288. The lowest BCUT2D eigenvalue weighted by atomic mass is 10.5. The first-order valence-corrected chi connectivity index (χ1v) is 6.44. The molecule has 0 bridgehead atoms. The fraction of sp³-hybridized carbons (Fsp3) is 1.00. The summed E-state index contributed by atoms with van der Waals surface area (Å²) in [6.07, 6.45) is 4.40. The molecule has 68 valence electrons. The molecule has 0 spiro atoms. The lowest BCUT2D eigenvalue weighted by molar-refractivity contribution is 0.0915. The van der Waals surface area contributed by atoms with Crippen molar-refractivity contribution in [3.05, 3.63) is 0 Å². The zero-order valence-corrected chi connectivity index (χ0v) is 9.16. The average Bonchev–Trinajstić information content (AvgIpc) is 1.98. The van der Waals surface area contributed by atoms with Gasteiger partial charge in [-0.05, 0) is 32.3 Å². The third-order valence-corrected chi connectivity index (χ3v) is 4.36. The zero-order chi connectivity index (χ0) is 8.69. The molecule has 0 rings (SSSR count). The van der Waals surface area contributed by atoms with Gasteiger partial charge in [-0.2, -0.15) is 0 Å². The van der Waals surface area contributed by atoms with Gasteiger partial charge in [-0.1, -0.05) is 13.8 Å². The second-order valence-corrected chi connectivity index (χ2v) is 6.00. The van der Waals surface area contributed by atoms with E-state index in [1.54, 1.807) is 0 Å². The van der Waals surface area contributed by atoms with Crippen LogP contribution in [-0.4, -0.2) is 31.2 Å². The fourth-order valence-electron chi connectivity index (χ4n) is 0.957. The van der Waals surface area contributed by atoms with Crippen LogP contribution in [0.3, 0.4) is 0 Å². The van der Waals surface area contributed by atoms with Crippen LogP contribution in [0.2, 0.25) is 0 Å². The summed E-state index contributed by atoms with van der Waals surface area (Å²) in [5.74, 6) is 0. The summed E-state index contributed by atoms with van der Waals surface area (Å²) in [5, 5.41) is 0. The van der Waals surface area contributed by atoms with E-state index in [0.29, 0.717) is 6.10 Å². The maximum atomic E-state index is 5.49. The van der Waals surface area contributed by atoms with Crippen LogP contribution >= 0.6 is 7.92 Å². The van der Waals surface area contributed by atoms with Crippen LogP contribution in [0.15, 0.2) is 0 Å². The SMILES string of the molecule is CCP(CC)CCOC(C)C. The monoisotopic (exact) mass is 176 g/mol. The third kappa shape index (κ3) is 6.77. The van der Waals surface area contributed by atoms with Gasteiger partial charge in [0, 0.05) is 0 Å². The Labute approximate surface area is 72.3 Å². The summed E-state index contributed by atoms with van der Waals surface area (Å²) in [5.41, 5.74) is 0. The number of hydrogen-bond donors (Lipinski definition) is 0. The predicted molar refractivity (Wildman–Crippen MR) is 54.0 cm³/mol. The van der Waals surface area contributed by atoms with Crippen molar-refractivity contribution in [3.63, 3.8) is 0 Å². The first kappa shape index (κ1) is 11.4. The summed E-state index contributed by atoms with van der Waals surface area (Å²) < 4.78 is 5.49. The molecular formula is C9H21OP. The smallest absolute Gasteiger partial charge is 0.0519 e. The first-order valence-electron chi connectivity index (χ1n) is 4.54. The van der Waals surface area contributed by atoms with Gasteiger partial charge in [0.05, 0.1) is 12.7 Å². The minimum Gasteiger partial charge on any atom is -0.378 e. The Morgan fingerprint density at radius 1 is 1.18 bits per heavy atom. The maximum Gasteiger partial charge on any atom is 0.0519 e. The van der Waals surface area contributed by atoms with Crippen molar-refractivity contribution in [1.82, 2.24) is 0 Å². The zero-order valence-electron chi connectivity index (χ0n) is 8.26. The maximum absolute atomic E-state index is 5.49. The van der Waals surface area contributed by atoms with Crippen LogP contribution < -0.4 is 0 Å². The van der Waals surface area contributed by atoms with E-state index >= 15 is 0 Å². The molecule has 0 atom stereocenters. The van der Waals surface area contributed by atoms with E-state index in [1.807, 2.05) is 0 Å². The van der Waals surface area contributed by atoms with Crippen LogP contribution in [0, 0.1) is 0 Å². The van der Waals surface area contributed by atoms with Crippen LogP contribution in [0.4, 0.5) is 0 Å². The van der Waals surface area contributed by atoms with Crippen molar-refractivity contribution in [2.24, 2.45) is 0 Å². The standard InChI is InChI=1S/C9H21OP/c1-5-11(6-2)8-7-10-9(3)4/h9H,5-8H2,1-4H3. The van der Waals surface area contributed by atoms with Gasteiger partial charge in [0.25, 0.3) is 0 Å². The molecule has 0 saturated carbocycles. The van der Waals surface area contributed by atoms with Crippen LogP contribution in [-0.2, 0) is 4.74 Å². The Hall–Kier alpha value is 0.390. The highest BCUT2D eigenvalue weighted by Gasteiger charge is 2.01. The quantitative estimate of drug-likeness (QED) is 0.565. The average molecular weight is 176 g/mol. The molecule has 0 N–H and O–H groups in total. The highest BCUT2D eigenvalue weighted by atomic mass is 31.1. The third-order valence-electron chi connectivity index (χ3n) is 1.75. The molecule has 0 radical (unpaired) electrons. The van der Waals surface area contributed by atoms with Crippen molar-refractivity contribution < 1.29 is 4.74 Å². The summed E-state index contributed by atoms with van der Waals surface area (Å²) in [6.45, 7) is 9.72. The van der Waals surface area contributed by atoms with E-state index < -0.39 is 0 Å². The second kappa shape index (κ2) is 7.06. The molecule has 0 saturated heterocycles. The largest absolute Gasteiger partial charge is 0.378 e. The molecule has 0 aromatic heterocycles. The number of rotatable bonds is 6. The summed E-state index contributed by atoms with van der Waals surface area (Å²) in [6, 6.07) is 0. The molecule has 0 aliphatic heterocycles. The minimum atomic E-state index is 0.288. The van der Waals surface area contributed by atoms with Crippen molar-refractivity contribution in [2.75, 3.05) is 25.1 Å². The van der Waals surface area contributed by atoms with E-state index in [2.05, 4.69) is 27.7 Å². The Morgan fingerprint density at radius 3 is 2.09 bits per heavy atom. The van der Waals surface area contributed by atoms with Gasteiger partial charge in [0.2, 0.25) is 0 Å². The van der Waals surface area contributed by atoms with Gasteiger partial charge in [-0.3, -0.25) is 0 Å². The molecule has 0 unspecified atom stereocenters. The van der Waals surface area contributed by atoms with E-state index in [9.17, 15) is 0 Å². The number of hydrogen-bond acceptors (Lipinski definition) is 1. The Kier molecular flexibility index (Phi) is 7.31. The van der Waals surface area contributed by atoms with E-state index in [1.165, 1.54) is 18.5 Å². The van der Waals surface area contributed by atoms with Gasteiger partial charge in [-0.25, -0.2) is 0 Å². The molecule has 0 amide bonds. The van der Waals surface area contributed by atoms with Crippen molar-refractivity contribution >= 4 is 7.92 Å². The van der Waals surface area contributed by atoms with Gasteiger partial charge < -0.3 is 4.74 Å². The Morgan fingerprint density at radius 2 is 1.73 bits per heavy atom. The normalized spacial score (nSPS) is 11.5. The number of ether oxygens (including phenoxy) is 1. The van der Waals surface area contributed by atoms with E-state index in [4.69, 9.17) is 4.74 Å². The van der Waals surface area contributed by atoms with Gasteiger partial charge in [0.15, 0.2) is 0 Å². The van der Waals surface area contributed by atoms with Gasteiger partial charge >= 0.3 is 0 Å². The Balaban J connectivity index is 3.21. The van der Waals surface area contributed by atoms with Crippen molar-refractivity contribution in [1.29, 1.82) is 0 Å². The fourth-order valence-corrected chi connectivity index (χ4v) is 2.40. The molecule has 0 fully saturated rings. The topological polar surface area (TPSA) is 9.23 Å². The summed E-state index contributed by atoms with van der Waals surface area (Å²) in [4.78, 5) is 0. The lowest BCUT2D eigenvalue weighted by Gasteiger charge is -2.14. The van der Waals surface area contributed by atoms with E-state index in [-0.39, 0.29) is 7.92 Å². The summed E-state index contributed by atoms with van der Waals surface area (Å²) in [7, 11) is 0.288. The molecule has 0 aliphatic rings. The van der Waals surface area contributed by atoms with Crippen molar-refractivity contribution in [2.45, 2.75) is 33.8 Å². The Bertz CT molecular complexity index is 79.6. The summed E-state index contributed by atoms with van der Waals surface area (Å²) >= 11 is 0. The molecule has 1 nitrogen and oxygen atoms in total. The molecule has 2 heteroatoms. The first-order chi connectivity index (χ1) is 5.20. The molecule has 0 aliphatic carbocycles. The molecular weight excluding hydrogens is 155 g/mol. The highest BCUT2D eigenvalue weighted by molar-refractivity contribution is 7.57. The second-order valence-electron chi connectivity index (χ2n) is 2.95. The van der Waals surface area contributed by atoms with Crippen LogP contribution in [0.1, 0.15) is 27.7 Å². The molecule has 0 heterocycles. The molecule has 0 aromatic carbocycles. The van der Waals surface area contributed by atoms with Gasteiger partial charge in [0.1, 0.15) is 0 Å². The molecule has 0 aromatic rings. The van der Waals surface area contributed by atoms with E-state index in [0.717, 1.165) is 6.61 Å². The van der Waals surface area contributed by atoms with Crippen LogP contribution in [0.25, 0.3) is 0 Å². The van der Waals surface area contributed by atoms with Crippen LogP contribution in [0.5, 0.6) is 0 Å². The predicted octanol–water partition coefficient (Wildman–Crippen LogP) is 2.93. The lowest BCUT2D eigenvalue weighted by Crippen LogP contribution is -2.07.